The monoisotopic (exact) mass is 242 g/mol. The van der Waals surface area contributed by atoms with Gasteiger partial charge in [-0.1, -0.05) is 48.0 Å². The van der Waals surface area contributed by atoms with Gasteiger partial charge in [0, 0.05) is 5.56 Å². The fourth-order valence-electron chi connectivity index (χ4n) is 1.87. The predicted molar refractivity (Wildman–Crippen MR) is 72.7 cm³/mol. The topological polar surface area (TPSA) is 18.5 Å². The van der Waals surface area contributed by atoms with E-state index >= 15 is 0 Å². The molecule has 0 radical (unpaired) electrons. The first-order chi connectivity index (χ1) is 8.79. The van der Waals surface area contributed by atoms with Gasteiger partial charge in [-0.2, -0.15) is 0 Å². The molecule has 0 fully saturated rings. The molecule has 0 atom stereocenters. The molecule has 18 heavy (non-hydrogen) atoms. The lowest BCUT2D eigenvalue weighted by Crippen LogP contribution is -1.97. The minimum atomic E-state index is 0.569. The Labute approximate surface area is 108 Å². The highest BCUT2D eigenvalue weighted by Crippen LogP contribution is 2.20. The van der Waals surface area contributed by atoms with E-state index in [1.54, 1.807) is 7.11 Å². The van der Waals surface area contributed by atoms with Crippen LogP contribution < -0.4 is 4.74 Å². The van der Waals surface area contributed by atoms with E-state index in [0.29, 0.717) is 13.2 Å². The summed E-state index contributed by atoms with van der Waals surface area (Å²) in [7, 11) is 1.69. The number of benzene rings is 2. The number of hydrogen-bond acceptors (Lipinski definition) is 2. The van der Waals surface area contributed by atoms with E-state index in [1.807, 2.05) is 30.3 Å². The lowest BCUT2D eigenvalue weighted by Gasteiger charge is -2.10. The number of aryl methyl sites for hydroxylation is 1. The van der Waals surface area contributed by atoms with E-state index in [1.165, 1.54) is 11.1 Å². The minimum Gasteiger partial charge on any atom is -0.496 e. The van der Waals surface area contributed by atoms with E-state index in [9.17, 15) is 0 Å². The molecule has 0 saturated heterocycles. The molecule has 0 amide bonds. The van der Waals surface area contributed by atoms with Crippen molar-refractivity contribution in [3.05, 3.63) is 65.2 Å². The van der Waals surface area contributed by atoms with E-state index in [4.69, 9.17) is 9.47 Å². The minimum absolute atomic E-state index is 0.569. The maximum Gasteiger partial charge on any atom is 0.124 e. The third-order valence-electron chi connectivity index (χ3n) is 2.81. The van der Waals surface area contributed by atoms with Gasteiger partial charge in [0.1, 0.15) is 5.75 Å². The van der Waals surface area contributed by atoms with Gasteiger partial charge in [0.2, 0.25) is 0 Å². The summed E-state index contributed by atoms with van der Waals surface area (Å²) in [5.74, 6) is 0.883. The number of rotatable bonds is 5. The van der Waals surface area contributed by atoms with Crippen molar-refractivity contribution in [1.82, 2.24) is 0 Å². The van der Waals surface area contributed by atoms with E-state index < -0.39 is 0 Å². The molecule has 0 N–H and O–H groups in total. The Balaban J connectivity index is 1.96. The molecule has 0 aliphatic carbocycles. The average Bonchev–Trinajstić information content (AvgIpc) is 2.40. The van der Waals surface area contributed by atoms with Gasteiger partial charge in [0.15, 0.2) is 0 Å². The smallest absolute Gasteiger partial charge is 0.124 e. The maximum absolute atomic E-state index is 5.72. The zero-order chi connectivity index (χ0) is 12.8. The molecule has 2 heteroatoms. The molecule has 0 spiro atoms. The van der Waals surface area contributed by atoms with Gasteiger partial charge in [-0.15, -0.1) is 0 Å². The summed E-state index contributed by atoms with van der Waals surface area (Å²) in [4.78, 5) is 0. The molecule has 2 aromatic carbocycles. The van der Waals surface area contributed by atoms with Crippen LogP contribution in [0.5, 0.6) is 5.75 Å². The van der Waals surface area contributed by atoms with Crippen LogP contribution in [-0.4, -0.2) is 7.11 Å². The molecule has 0 unspecified atom stereocenters. The van der Waals surface area contributed by atoms with Crippen LogP contribution in [0.25, 0.3) is 0 Å². The average molecular weight is 242 g/mol. The van der Waals surface area contributed by atoms with Gasteiger partial charge in [-0.05, 0) is 18.6 Å². The molecule has 2 rings (SSSR count). The summed E-state index contributed by atoms with van der Waals surface area (Å²) in [6.07, 6.45) is 0. The third kappa shape index (κ3) is 3.34. The van der Waals surface area contributed by atoms with Gasteiger partial charge in [0.05, 0.1) is 20.3 Å². The number of methoxy groups -OCH3 is 1. The highest BCUT2D eigenvalue weighted by Gasteiger charge is 2.03. The van der Waals surface area contributed by atoms with E-state index in [-0.39, 0.29) is 0 Å². The largest absolute Gasteiger partial charge is 0.496 e. The fraction of sp³-hybridized carbons (Fsp3) is 0.250. The van der Waals surface area contributed by atoms with Crippen LogP contribution in [0.2, 0.25) is 0 Å². The molecule has 0 aromatic heterocycles. The second-order valence-electron chi connectivity index (χ2n) is 4.29. The molecule has 2 aromatic rings. The Morgan fingerprint density at radius 3 is 2.44 bits per heavy atom. The van der Waals surface area contributed by atoms with Crippen molar-refractivity contribution in [3.8, 4) is 5.75 Å². The van der Waals surface area contributed by atoms with Crippen LogP contribution in [0.4, 0.5) is 0 Å². The molecule has 94 valence electrons. The molecule has 0 heterocycles. The van der Waals surface area contributed by atoms with Crippen molar-refractivity contribution in [2.45, 2.75) is 20.1 Å². The van der Waals surface area contributed by atoms with Crippen molar-refractivity contribution < 1.29 is 9.47 Å². The fourth-order valence-corrected chi connectivity index (χ4v) is 1.87. The van der Waals surface area contributed by atoms with Crippen molar-refractivity contribution in [3.63, 3.8) is 0 Å². The van der Waals surface area contributed by atoms with Crippen LogP contribution in [0.15, 0.2) is 48.5 Å². The number of ether oxygens (including phenoxy) is 2. The van der Waals surface area contributed by atoms with Gasteiger partial charge in [0.25, 0.3) is 0 Å². The summed E-state index contributed by atoms with van der Waals surface area (Å²) < 4.78 is 11.0. The van der Waals surface area contributed by atoms with Crippen LogP contribution in [-0.2, 0) is 18.0 Å². The Bertz CT molecular complexity index is 492. The zero-order valence-electron chi connectivity index (χ0n) is 10.8. The first kappa shape index (κ1) is 12.7. The standard InChI is InChI=1S/C16H18O2/c1-13-8-9-16(17-2)15(10-13)12-18-11-14-6-4-3-5-7-14/h3-10H,11-12H2,1-2H3. The molecule has 0 aliphatic rings. The predicted octanol–water partition coefficient (Wildman–Crippen LogP) is 3.72. The Morgan fingerprint density at radius 2 is 1.72 bits per heavy atom. The van der Waals surface area contributed by atoms with E-state index in [0.717, 1.165) is 11.3 Å². The summed E-state index contributed by atoms with van der Waals surface area (Å²) in [5.41, 5.74) is 3.49. The van der Waals surface area contributed by atoms with Crippen LogP contribution in [0.1, 0.15) is 16.7 Å². The van der Waals surface area contributed by atoms with Gasteiger partial charge in [-0.25, -0.2) is 0 Å². The first-order valence-corrected chi connectivity index (χ1v) is 6.05. The van der Waals surface area contributed by atoms with Crippen LogP contribution in [0.3, 0.4) is 0 Å². The first-order valence-electron chi connectivity index (χ1n) is 6.05. The summed E-state index contributed by atoms with van der Waals surface area (Å²) >= 11 is 0. The van der Waals surface area contributed by atoms with Crippen molar-refractivity contribution in [1.29, 1.82) is 0 Å². The summed E-state index contributed by atoms with van der Waals surface area (Å²) in [6, 6.07) is 16.3. The highest BCUT2D eigenvalue weighted by molar-refractivity contribution is 5.36. The molecular formula is C16H18O2. The van der Waals surface area contributed by atoms with Crippen molar-refractivity contribution in [2.24, 2.45) is 0 Å². The second kappa shape index (κ2) is 6.22. The molecule has 2 nitrogen and oxygen atoms in total. The summed E-state index contributed by atoms with van der Waals surface area (Å²) in [6.45, 7) is 3.26. The number of hydrogen-bond donors (Lipinski definition) is 0. The van der Waals surface area contributed by atoms with Gasteiger partial charge < -0.3 is 9.47 Å². The Morgan fingerprint density at radius 1 is 0.944 bits per heavy atom. The third-order valence-corrected chi connectivity index (χ3v) is 2.81. The molecular weight excluding hydrogens is 224 g/mol. The maximum atomic E-state index is 5.72. The molecule has 0 bridgehead atoms. The Hall–Kier alpha value is -1.80. The lowest BCUT2D eigenvalue weighted by atomic mass is 10.1. The van der Waals surface area contributed by atoms with Crippen LogP contribution in [0, 0.1) is 6.92 Å². The normalized spacial score (nSPS) is 10.3. The zero-order valence-corrected chi connectivity index (χ0v) is 10.8. The van der Waals surface area contributed by atoms with Crippen molar-refractivity contribution in [2.75, 3.05) is 7.11 Å². The van der Waals surface area contributed by atoms with Crippen LogP contribution >= 0.6 is 0 Å². The lowest BCUT2D eigenvalue weighted by molar-refractivity contribution is 0.105. The SMILES string of the molecule is COc1ccc(C)cc1COCc1ccccc1. The molecule has 0 saturated carbocycles. The van der Waals surface area contributed by atoms with E-state index in [2.05, 4.69) is 25.1 Å². The quantitative estimate of drug-likeness (QED) is 0.795. The second-order valence-corrected chi connectivity index (χ2v) is 4.29. The summed E-state index contributed by atoms with van der Waals surface area (Å²) in [5, 5.41) is 0. The van der Waals surface area contributed by atoms with Crippen molar-refractivity contribution >= 4 is 0 Å². The van der Waals surface area contributed by atoms with Gasteiger partial charge >= 0.3 is 0 Å². The highest BCUT2D eigenvalue weighted by atomic mass is 16.5. The van der Waals surface area contributed by atoms with Gasteiger partial charge in [-0.3, -0.25) is 0 Å². The Kier molecular flexibility index (Phi) is 4.37. The molecule has 0 aliphatic heterocycles.